The number of nitriles is 2. The van der Waals surface area contributed by atoms with Gasteiger partial charge in [0.25, 0.3) is 0 Å². The van der Waals surface area contributed by atoms with Gasteiger partial charge >= 0.3 is 0 Å². The van der Waals surface area contributed by atoms with Crippen LogP contribution in [-0.2, 0) is 10.2 Å². The standard InChI is InChI=1S/C20H15ClN4O/c1-25-12-20(15-4-2-3-5-16(15)24-18(20)26)19(10-22,11-23)17(25)13-6-8-14(21)9-7-13/h2-9,17H,12H2,1H3,(H,24,26)/t17-,20-/m1/s1. The molecule has 2 heterocycles. The second kappa shape index (κ2) is 5.57. The quantitative estimate of drug-likeness (QED) is 0.844. The minimum Gasteiger partial charge on any atom is -0.325 e. The van der Waals surface area contributed by atoms with Gasteiger partial charge in [-0.3, -0.25) is 9.69 Å². The Labute approximate surface area is 156 Å². The lowest BCUT2D eigenvalue weighted by molar-refractivity contribution is -0.122. The van der Waals surface area contributed by atoms with Gasteiger partial charge in [0.15, 0.2) is 5.41 Å². The molecule has 0 unspecified atom stereocenters. The number of para-hydroxylation sites is 1. The molecule has 0 aromatic heterocycles. The number of carbonyl (C=O) groups is 1. The van der Waals surface area contributed by atoms with E-state index in [1.807, 2.05) is 42.3 Å². The minimum atomic E-state index is -1.56. The van der Waals surface area contributed by atoms with E-state index in [-0.39, 0.29) is 12.5 Å². The van der Waals surface area contributed by atoms with Crippen molar-refractivity contribution in [2.45, 2.75) is 11.5 Å². The van der Waals surface area contributed by atoms with Crippen molar-refractivity contribution < 1.29 is 4.79 Å². The molecule has 1 saturated heterocycles. The highest BCUT2D eigenvalue weighted by atomic mass is 35.5. The first kappa shape index (κ1) is 16.6. The fourth-order valence-electron chi connectivity index (χ4n) is 4.51. The molecule has 6 heteroatoms. The molecule has 128 valence electrons. The molecule has 2 aliphatic rings. The Morgan fingerprint density at radius 2 is 1.81 bits per heavy atom. The first-order chi connectivity index (χ1) is 12.5. The number of likely N-dealkylation sites (N-methyl/N-ethyl adjacent to an activating group) is 1. The zero-order chi connectivity index (χ0) is 18.5. The van der Waals surface area contributed by atoms with Crippen LogP contribution >= 0.6 is 11.6 Å². The van der Waals surface area contributed by atoms with E-state index in [0.29, 0.717) is 16.3 Å². The van der Waals surface area contributed by atoms with E-state index in [0.717, 1.165) is 5.56 Å². The maximum atomic E-state index is 13.1. The van der Waals surface area contributed by atoms with Gasteiger partial charge < -0.3 is 5.32 Å². The third-order valence-corrected chi connectivity index (χ3v) is 5.82. The van der Waals surface area contributed by atoms with Crippen LogP contribution in [0.4, 0.5) is 5.69 Å². The summed E-state index contributed by atoms with van der Waals surface area (Å²) in [5.41, 5.74) is -0.652. The number of nitrogens with one attached hydrogen (secondary N) is 1. The number of halogens is 1. The fourth-order valence-corrected chi connectivity index (χ4v) is 4.63. The lowest BCUT2D eigenvalue weighted by Gasteiger charge is -2.33. The number of likely N-dealkylation sites (tertiary alicyclic amines) is 1. The summed E-state index contributed by atoms with van der Waals surface area (Å²) < 4.78 is 0. The van der Waals surface area contributed by atoms with E-state index in [4.69, 9.17) is 11.6 Å². The second-order valence-corrected chi connectivity index (χ2v) is 7.24. The van der Waals surface area contributed by atoms with E-state index in [9.17, 15) is 15.3 Å². The van der Waals surface area contributed by atoms with E-state index >= 15 is 0 Å². The van der Waals surface area contributed by atoms with Crippen LogP contribution in [0.5, 0.6) is 0 Å². The average molecular weight is 363 g/mol. The van der Waals surface area contributed by atoms with Gasteiger partial charge in [0, 0.05) is 17.3 Å². The van der Waals surface area contributed by atoms with Crippen LogP contribution < -0.4 is 5.32 Å². The Hall–Kier alpha value is -2.86. The van der Waals surface area contributed by atoms with Crippen molar-refractivity contribution in [1.82, 2.24) is 4.90 Å². The zero-order valence-corrected chi connectivity index (χ0v) is 14.8. The Morgan fingerprint density at radius 1 is 1.15 bits per heavy atom. The van der Waals surface area contributed by atoms with Gasteiger partial charge in [0.2, 0.25) is 5.91 Å². The van der Waals surface area contributed by atoms with Gasteiger partial charge in [0.05, 0.1) is 18.2 Å². The van der Waals surface area contributed by atoms with Crippen LogP contribution in [0.25, 0.3) is 0 Å². The number of benzene rings is 2. The van der Waals surface area contributed by atoms with Gasteiger partial charge in [-0.15, -0.1) is 0 Å². The molecule has 1 spiro atoms. The summed E-state index contributed by atoms with van der Waals surface area (Å²) in [6, 6.07) is 18.3. The molecule has 2 aromatic carbocycles. The first-order valence-electron chi connectivity index (χ1n) is 8.19. The van der Waals surface area contributed by atoms with Crippen molar-refractivity contribution in [3.63, 3.8) is 0 Å². The van der Waals surface area contributed by atoms with Gasteiger partial charge in [-0.25, -0.2) is 0 Å². The average Bonchev–Trinajstić information content (AvgIpc) is 3.08. The molecule has 1 N–H and O–H groups in total. The van der Waals surface area contributed by atoms with Crippen LogP contribution in [0.1, 0.15) is 17.2 Å². The number of anilines is 1. The summed E-state index contributed by atoms with van der Waals surface area (Å²) in [7, 11) is 1.84. The van der Waals surface area contributed by atoms with Crippen LogP contribution in [0, 0.1) is 28.1 Å². The molecule has 0 saturated carbocycles. The maximum Gasteiger partial charge on any atom is 0.239 e. The SMILES string of the molecule is CN1C[C@@]2(C(=O)Nc3ccccc32)C(C#N)(C#N)[C@H]1c1ccc(Cl)cc1. The Balaban J connectivity index is 1.99. The lowest BCUT2D eigenvalue weighted by atomic mass is 9.60. The number of carbonyl (C=O) groups excluding carboxylic acids is 1. The molecule has 4 rings (SSSR count). The molecule has 1 fully saturated rings. The third kappa shape index (κ3) is 1.85. The monoisotopic (exact) mass is 362 g/mol. The van der Waals surface area contributed by atoms with Crippen LogP contribution in [0.15, 0.2) is 48.5 Å². The lowest BCUT2D eigenvalue weighted by Crippen LogP contribution is -2.49. The van der Waals surface area contributed by atoms with E-state index in [1.165, 1.54) is 0 Å². The van der Waals surface area contributed by atoms with Crippen molar-refractivity contribution in [1.29, 1.82) is 10.5 Å². The van der Waals surface area contributed by atoms with E-state index in [1.54, 1.807) is 18.2 Å². The molecule has 1 amide bonds. The molecular formula is C20H15ClN4O. The fraction of sp³-hybridized carbons (Fsp3) is 0.250. The first-order valence-corrected chi connectivity index (χ1v) is 8.57. The van der Waals surface area contributed by atoms with Crippen molar-refractivity contribution in [2.24, 2.45) is 5.41 Å². The van der Waals surface area contributed by atoms with E-state index < -0.39 is 16.9 Å². The number of fused-ring (bicyclic) bond motifs is 2. The highest BCUT2D eigenvalue weighted by Crippen LogP contribution is 2.61. The minimum absolute atomic E-state index is 0.282. The Kier molecular flexibility index (Phi) is 3.56. The molecule has 2 aromatic rings. The molecule has 5 nitrogen and oxygen atoms in total. The van der Waals surface area contributed by atoms with Gasteiger partial charge in [-0.2, -0.15) is 10.5 Å². The molecule has 0 aliphatic carbocycles. The number of rotatable bonds is 1. The molecule has 2 aliphatic heterocycles. The third-order valence-electron chi connectivity index (χ3n) is 5.57. The summed E-state index contributed by atoms with van der Waals surface area (Å²) >= 11 is 6.00. The topological polar surface area (TPSA) is 79.9 Å². The molecule has 0 bridgehead atoms. The predicted octanol–water partition coefficient (Wildman–Crippen LogP) is 3.25. The van der Waals surface area contributed by atoms with Crippen molar-refractivity contribution in [3.05, 3.63) is 64.7 Å². The van der Waals surface area contributed by atoms with E-state index in [2.05, 4.69) is 17.5 Å². The van der Waals surface area contributed by atoms with Gasteiger partial charge in [-0.1, -0.05) is 41.9 Å². The molecular weight excluding hydrogens is 348 g/mol. The molecule has 0 radical (unpaired) electrons. The predicted molar refractivity (Wildman–Crippen MR) is 97.2 cm³/mol. The van der Waals surface area contributed by atoms with Crippen molar-refractivity contribution in [3.8, 4) is 12.1 Å². The Morgan fingerprint density at radius 3 is 2.46 bits per heavy atom. The summed E-state index contributed by atoms with van der Waals surface area (Å²) in [6.07, 6.45) is 0. The highest BCUT2D eigenvalue weighted by molar-refractivity contribution is 6.30. The molecule has 26 heavy (non-hydrogen) atoms. The number of nitrogens with zero attached hydrogens (tertiary/aromatic N) is 3. The highest BCUT2D eigenvalue weighted by Gasteiger charge is 2.71. The van der Waals surface area contributed by atoms with Crippen LogP contribution in [0.3, 0.4) is 0 Å². The van der Waals surface area contributed by atoms with Crippen molar-refractivity contribution in [2.75, 3.05) is 18.9 Å². The van der Waals surface area contributed by atoms with Crippen LogP contribution in [0.2, 0.25) is 5.02 Å². The van der Waals surface area contributed by atoms with Crippen molar-refractivity contribution >= 4 is 23.2 Å². The normalized spacial score (nSPS) is 26.2. The maximum absolute atomic E-state index is 13.1. The number of hydrogen-bond acceptors (Lipinski definition) is 4. The summed E-state index contributed by atoms with van der Waals surface area (Å²) in [5.74, 6) is -0.301. The number of amides is 1. The van der Waals surface area contributed by atoms with Crippen LogP contribution in [-0.4, -0.2) is 24.4 Å². The zero-order valence-electron chi connectivity index (χ0n) is 14.0. The molecule has 2 atom stereocenters. The second-order valence-electron chi connectivity index (χ2n) is 6.81. The van der Waals surface area contributed by atoms with Gasteiger partial charge in [-0.05, 0) is 36.4 Å². The summed E-state index contributed by atoms with van der Waals surface area (Å²) in [4.78, 5) is 15.0. The summed E-state index contributed by atoms with van der Waals surface area (Å²) in [5, 5.41) is 23.8. The smallest absolute Gasteiger partial charge is 0.239 e. The number of hydrogen-bond donors (Lipinski definition) is 1. The van der Waals surface area contributed by atoms with Gasteiger partial charge in [0.1, 0.15) is 5.41 Å². The largest absolute Gasteiger partial charge is 0.325 e. The Bertz CT molecular complexity index is 974. The summed E-state index contributed by atoms with van der Waals surface area (Å²) in [6.45, 7) is 0.282.